The molecule has 2 N–H and O–H groups in total. The first-order chi connectivity index (χ1) is 9.87. The van der Waals surface area contributed by atoms with Gasteiger partial charge in [0.05, 0.1) is 11.4 Å². The minimum atomic E-state index is 0.653. The van der Waals surface area contributed by atoms with Crippen LogP contribution in [0.25, 0.3) is 0 Å². The van der Waals surface area contributed by atoms with E-state index < -0.39 is 0 Å². The Labute approximate surface area is 121 Å². The number of benzene rings is 1. The highest BCUT2D eigenvalue weighted by Gasteiger charge is 2.50. The number of hydrogen-bond donors (Lipinski definition) is 2. The van der Waals surface area contributed by atoms with E-state index >= 15 is 0 Å². The Bertz CT molecular complexity index is 496. The van der Waals surface area contributed by atoms with Gasteiger partial charge in [0.15, 0.2) is 0 Å². The molecule has 1 aromatic rings. The van der Waals surface area contributed by atoms with Crippen LogP contribution >= 0.6 is 0 Å². The van der Waals surface area contributed by atoms with E-state index in [0.29, 0.717) is 6.04 Å². The number of nitrogens with one attached hydrogen (secondary N) is 2. The van der Waals surface area contributed by atoms with Crippen LogP contribution in [0.5, 0.6) is 0 Å². The second-order valence-corrected chi connectivity index (χ2v) is 7.69. The van der Waals surface area contributed by atoms with Crippen LogP contribution in [-0.4, -0.2) is 12.6 Å². The van der Waals surface area contributed by atoms with Crippen molar-refractivity contribution >= 4 is 11.4 Å². The first-order valence-electron chi connectivity index (χ1n) is 8.46. The average Bonchev–Trinajstić information content (AvgIpc) is 2.46. The van der Waals surface area contributed by atoms with Crippen molar-refractivity contribution in [3.63, 3.8) is 0 Å². The number of fused-ring (bicyclic) bond motifs is 1. The average molecular weight is 268 g/mol. The van der Waals surface area contributed by atoms with Crippen LogP contribution in [0.1, 0.15) is 32.1 Å². The maximum Gasteiger partial charge on any atom is 0.0578 e. The van der Waals surface area contributed by atoms with E-state index in [0.717, 1.165) is 36.1 Å². The van der Waals surface area contributed by atoms with Gasteiger partial charge in [0.1, 0.15) is 0 Å². The van der Waals surface area contributed by atoms with Crippen LogP contribution in [0.2, 0.25) is 0 Å². The van der Waals surface area contributed by atoms with Gasteiger partial charge in [-0.15, -0.1) is 0 Å². The summed E-state index contributed by atoms with van der Waals surface area (Å²) < 4.78 is 0. The Morgan fingerprint density at radius 1 is 0.800 bits per heavy atom. The van der Waals surface area contributed by atoms with Crippen LogP contribution in [-0.2, 0) is 0 Å². The van der Waals surface area contributed by atoms with Gasteiger partial charge in [-0.2, -0.15) is 0 Å². The smallest absolute Gasteiger partial charge is 0.0578 e. The monoisotopic (exact) mass is 268 g/mol. The molecule has 1 unspecified atom stereocenters. The zero-order chi connectivity index (χ0) is 13.1. The van der Waals surface area contributed by atoms with Crippen LogP contribution in [0.15, 0.2) is 24.3 Å². The number of anilines is 2. The molecule has 1 atom stereocenters. The van der Waals surface area contributed by atoms with E-state index in [1.165, 1.54) is 37.1 Å². The highest BCUT2D eigenvalue weighted by molar-refractivity contribution is 5.71. The molecule has 20 heavy (non-hydrogen) atoms. The molecule has 106 valence electrons. The van der Waals surface area contributed by atoms with E-state index in [1.54, 1.807) is 6.42 Å². The summed E-state index contributed by atoms with van der Waals surface area (Å²) in [6, 6.07) is 9.34. The first kappa shape index (κ1) is 11.5. The molecule has 1 aliphatic heterocycles. The lowest BCUT2D eigenvalue weighted by Gasteiger charge is -2.57. The molecule has 0 saturated heterocycles. The standard InChI is InChI=1S/C18H24N2/c1-2-4-16-15(3-1)19-10-17(20-16)18-13-6-11-5-12(8-13)9-14(18)7-11/h1-4,11-14,17-20H,5-10H2. The second-order valence-electron chi connectivity index (χ2n) is 7.69. The summed E-state index contributed by atoms with van der Waals surface area (Å²) in [5.74, 6) is 5.10. The second kappa shape index (κ2) is 4.16. The van der Waals surface area contributed by atoms with Crippen molar-refractivity contribution in [1.29, 1.82) is 0 Å². The molecule has 2 nitrogen and oxygen atoms in total. The summed E-state index contributed by atoms with van der Waals surface area (Å²) in [6.45, 7) is 1.12. The SMILES string of the molecule is c1ccc2c(c1)NCC(C1C3CC4CC(C3)CC1C4)N2. The summed E-state index contributed by atoms with van der Waals surface area (Å²) in [7, 11) is 0. The third-order valence-corrected chi connectivity index (χ3v) is 6.54. The number of para-hydroxylation sites is 2. The van der Waals surface area contributed by atoms with Gasteiger partial charge >= 0.3 is 0 Å². The molecule has 1 heterocycles. The third-order valence-electron chi connectivity index (χ3n) is 6.54. The predicted octanol–water partition coefficient (Wildman–Crippen LogP) is 3.96. The molecule has 5 aliphatic rings. The Balaban J connectivity index is 1.42. The van der Waals surface area contributed by atoms with Gasteiger partial charge in [-0.1, -0.05) is 12.1 Å². The van der Waals surface area contributed by atoms with Crippen LogP contribution in [0.4, 0.5) is 11.4 Å². The summed E-state index contributed by atoms with van der Waals surface area (Å²) in [4.78, 5) is 0. The fraction of sp³-hybridized carbons (Fsp3) is 0.667. The van der Waals surface area contributed by atoms with Crippen molar-refractivity contribution < 1.29 is 0 Å². The van der Waals surface area contributed by atoms with Gasteiger partial charge in [-0.3, -0.25) is 0 Å². The van der Waals surface area contributed by atoms with Crippen LogP contribution in [0, 0.1) is 29.6 Å². The molecule has 0 radical (unpaired) electrons. The largest absolute Gasteiger partial charge is 0.381 e. The highest BCUT2D eigenvalue weighted by Crippen LogP contribution is 2.57. The van der Waals surface area contributed by atoms with E-state index in [2.05, 4.69) is 34.9 Å². The molecule has 0 amide bonds. The zero-order valence-corrected chi connectivity index (χ0v) is 12.0. The van der Waals surface area contributed by atoms with Gasteiger partial charge in [-0.05, 0) is 73.8 Å². The Morgan fingerprint density at radius 2 is 1.45 bits per heavy atom. The van der Waals surface area contributed by atoms with E-state index in [1.807, 2.05) is 0 Å². The molecular weight excluding hydrogens is 244 g/mol. The summed E-state index contributed by atoms with van der Waals surface area (Å²) in [5, 5.41) is 7.52. The molecule has 0 aromatic heterocycles. The molecule has 6 rings (SSSR count). The minimum absolute atomic E-state index is 0.653. The van der Waals surface area contributed by atoms with Gasteiger partial charge < -0.3 is 10.6 Å². The summed E-state index contributed by atoms with van der Waals surface area (Å²) in [5.41, 5.74) is 2.60. The van der Waals surface area contributed by atoms with Gasteiger partial charge in [0.2, 0.25) is 0 Å². The Kier molecular flexibility index (Phi) is 2.39. The Morgan fingerprint density at radius 3 is 2.15 bits per heavy atom. The molecular formula is C18H24N2. The molecule has 4 bridgehead atoms. The maximum atomic E-state index is 3.86. The van der Waals surface area contributed by atoms with E-state index in [9.17, 15) is 0 Å². The summed E-state index contributed by atoms with van der Waals surface area (Å²) in [6.07, 6.45) is 7.66. The Hall–Kier alpha value is -1.18. The topological polar surface area (TPSA) is 24.1 Å². The van der Waals surface area contributed by atoms with Crippen LogP contribution < -0.4 is 10.6 Å². The fourth-order valence-corrected chi connectivity index (χ4v) is 6.09. The first-order valence-corrected chi connectivity index (χ1v) is 8.46. The fourth-order valence-electron chi connectivity index (χ4n) is 6.09. The van der Waals surface area contributed by atoms with Gasteiger partial charge in [-0.25, -0.2) is 0 Å². The third kappa shape index (κ3) is 1.63. The van der Waals surface area contributed by atoms with Crippen molar-refractivity contribution in [1.82, 2.24) is 0 Å². The van der Waals surface area contributed by atoms with Crippen LogP contribution in [0.3, 0.4) is 0 Å². The number of rotatable bonds is 1. The normalized spacial score (nSPS) is 44.6. The maximum absolute atomic E-state index is 3.86. The molecule has 4 saturated carbocycles. The number of hydrogen-bond acceptors (Lipinski definition) is 2. The molecule has 4 fully saturated rings. The van der Waals surface area contributed by atoms with Crippen molar-refractivity contribution in [2.45, 2.75) is 38.1 Å². The van der Waals surface area contributed by atoms with E-state index in [-0.39, 0.29) is 0 Å². The van der Waals surface area contributed by atoms with E-state index in [4.69, 9.17) is 0 Å². The minimum Gasteiger partial charge on any atom is -0.381 e. The molecule has 0 spiro atoms. The van der Waals surface area contributed by atoms with Crippen molar-refractivity contribution in [2.24, 2.45) is 29.6 Å². The van der Waals surface area contributed by atoms with Crippen molar-refractivity contribution in [3.05, 3.63) is 24.3 Å². The molecule has 4 aliphatic carbocycles. The summed E-state index contributed by atoms with van der Waals surface area (Å²) >= 11 is 0. The highest BCUT2D eigenvalue weighted by atomic mass is 15.1. The molecule has 2 heteroatoms. The molecule has 1 aromatic carbocycles. The van der Waals surface area contributed by atoms with Crippen molar-refractivity contribution in [3.8, 4) is 0 Å². The quantitative estimate of drug-likeness (QED) is 0.805. The van der Waals surface area contributed by atoms with Crippen molar-refractivity contribution in [2.75, 3.05) is 17.2 Å². The zero-order valence-electron chi connectivity index (χ0n) is 12.0. The van der Waals surface area contributed by atoms with Gasteiger partial charge in [0, 0.05) is 12.6 Å². The lowest BCUT2D eigenvalue weighted by atomic mass is 9.50. The lowest BCUT2D eigenvalue weighted by molar-refractivity contribution is -0.0425. The lowest BCUT2D eigenvalue weighted by Crippen LogP contribution is -2.53. The predicted molar refractivity (Wildman–Crippen MR) is 82.9 cm³/mol. The van der Waals surface area contributed by atoms with Gasteiger partial charge in [0.25, 0.3) is 0 Å².